The number of carbonyl (C=O) groups is 1. The van der Waals surface area contributed by atoms with E-state index in [-0.39, 0.29) is 5.92 Å². The molecule has 0 bridgehead atoms. The molecule has 3 rings (SSSR count). The third-order valence-corrected chi connectivity index (χ3v) is 6.28. The molecule has 2 aliphatic rings. The van der Waals surface area contributed by atoms with Gasteiger partial charge < -0.3 is 10.2 Å². The lowest BCUT2D eigenvalue weighted by molar-refractivity contribution is -0.141. The van der Waals surface area contributed by atoms with Gasteiger partial charge in [0, 0.05) is 44.7 Å². The third kappa shape index (κ3) is 4.47. The van der Waals surface area contributed by atoms with E-state index in [4.69, 9.17) is 0 Å². The molecule has 4 atom stereocenters. The average Bonchev–Trinajstić information content (AvgIpc) is 2.61. The van der Waals surface area contributed by atoms with Gasteiger partial charge in [-0.1, -0.05) is 44.2 Å². The van der Waals surface area contributed by atoms with Crippen molar-refractivity contribution in [1.82, 2.24) is 15.1 Å². The zero-order valence-electron chi connectivity index (χ0n) is 16.8. The van der Waals surface area contributed by atoms with Gasteiger partial charge in [-0.15, -0.1) is 0 Å². The van der Waals surface area contributed by atoms with Crippen LogP contribution in [0.1, 0.15) is 39.2 Å². The molecular weight excluding hydrogens is 322 g/mol. The van der Waals surface area contributed by atoms with Gasteiger partial charge in [0.05, 0.1) is 0 Å². The van der Waals surface area contributed by atoms with Crippen LogP contribution >= 0.6 is 0 Å². The molecule has 2 aliphatic heterocycles. The molecule has 144 valence electrons. The fourth-order valence-electron chi connectivity index (χ4n) is 5.19. The number of hydrogen-bond donors (Lipinski definition) is 1. The molecule has 0 aliphatic carbocycles. The maximum atomic E-state index is 13.1. The van der Waals surface area contributed by atoms with E-state index in [1.54, 1.807) is 0 Å². The van der Waals surface area contributed by atoms with E-state index >= 15 is 0 Å². The van der Waals surface area contributed by atoms with Crippen LogP contribution < -0.4 is 5.32 Å². The summed E-state index contributed by atoms with van der Waals surface area (Å²) in [4.78, 5) is 17.7. The predicted octanol–water partition coefficient (Wildman–Crippen LogP) is 2.99. The average molecular weight is 358 g/mol. The molecule has 4 heteroatoms. The number of carbonyl (C=O) groups excluding carboxylic acids is 1. The zero-order valence-corrected chi connectivity index (χ0v) is 16.8. The SMILES string of the molecule is CC1CN(Cc2ccccc2)CC(C)C1N(C)C(=O)[C@H]1CCN[C@@H](C)C1. The Hall–Kier alpha value is -1.39. The van der Waals surface area contributed by atoms with Crippen molar-refractivity contribution in [3.05, 3.63) is 35.9 Å². The van der Waals surface area contributed by atoms with Crippen molar-refractivity contribution >= 4 is 5.91 Å². The zero-order chi connectivity index (χ0) is 18.7. The van der Waals surface area contributed by atoms with Gasteiger partial charge in [-0.25, -0.2) is 0 Å². The van der Waals surface area contributed by atoms with E-state index in [1.807, 2.05) is 7.05 Å². The van der Waals surface area contributed by atoms with Crippen molar-refractivity contribution in [2.45, 2.75) is 52.2 Å². The summed E-state index contributed by atoms with van der Waals surface area (Å²) in [5.41, 5.74) is 1.37. The lowest BCUT2D eigenvalue weighted by atomic mass is 9.83. The molecule has 2 unspecified atom stereocenters. The second kappa shape index (κ2) is 8.53. The number of benzene rings is 1. The number of rotatable bonds is 4. The normalized spacial score (nSPS) is 33.0. The number of hydrogen-bond acceptors (Lipinski definition) is 3. The van der Waals surface area contributed by atoms with Crippen LogP contribution in [-0.2, 0) is 11.3 Å². The molecule has 4 nitrogen and oxygen atoms in total. The quantitative estimate of drug-likeness (QED) is 0.900. The molecule has 2 saturated heterocycles. The third-order valence-electron chi connectivity index (χ3n) is 6.28. The minimum atomic E-state index is 0.193. The number of nitrogens with one attached hydrogen (secondary N) is 1. The van der Waals surface area contributed by atoms with E-state index in [2.05, 4.69) is 66.2 Å². The topological polar surface area (TPSA) is 35.6 Å². The van der Waals surface area contributed by atoms with Gasteiger partial charge in [-0.05, 0) is 43.7 Å². The van der Waals surface area contributed by atoms with Crippen molar-refractivity contribution in [3.63, 3.8) is 0 Å². The van der Waals surface area contributed by atoms with Gasteiger partial charge in [0.1, 0.15) is 0 Å². The maximum Gasteiger partial charge on any atom is 0.225 e. The lowest BCUT2D eigenvalue weighted by Gasteiger charge is -2.46. The first-order valence-electron chi connectivity index (χ1n) is 10.2. The van der Waals surface area contributed by atoms with E-state index in [1.165, 1.54) is 5.56 Å². The summed E-state index contributed by atoms with van der Waals surface area (Å²) in [5, 5.41) is 3.45. The Labute approximate surface area is 158 Å². The molecule has 1 N–H and O–H groups in total. The minimum Gasteiger partial charge on any atom is -0.342 e. The molecule has 0 spiro atoms. The van der Waals surface area contributed by atoms with Crippen LogP contribution in [-0.4, -0.2) is 54.5 Å². The fraction of sp³-hybridized carbons (Fsp3) is 0.682. The van der Waals surface area contributed by atoms with Crippen LogP contribution in [0, 0.1) is 17.8 Å². The van der Waals surface area contributed by atoms with Crippen LogP contribution in [0.5, 0.6) is 0 Å². The van der Waals surface area contributed by atoms with E-state index in [0.717, 1.165) is 39.0 Å². The first-order valence-corrected chi connectivity index (χ1v) is 10.2. The van der Waals surface area contributed by atoms with Gasteiger partial charge in [-0.3, -0.25) is 9.69 Å². The highest BCUT2D eigenvalue weighted by Gasteiger charge is 2.38. The van der Waals surface area contributed by atoms with Crippen molar-refractivity contribution in [3.8, 4) is 0 Å². The van der Waals surface area contributed by atoms with Gasteiger partial charge in [0.15, 0.2) is 0 Å². The summed E-state index contributed by atoms with van der Waals surface area (Å²) in [6.45, 7) is 10.9. The first kappa shape index (κ1) is 19.4. The number of likely N-dealkylation sites (tertiary alicyclic amines) is 1. The highest BCUT2D eigenvalue weighted by atomic mass is 16.2. The van der Waals surface area contributed by atoms with E-state index < -0.39 is 0 Å². The highest BCUT2D eigenvalue weighted by Crippen LogP contribution is 2.29. The largest absolute Gasteiger partial charge is 0.342 e. The molecule has 1 amide bonds. The molecule has 26 heavy (non-hydrogen) atoms. The summed E-state index contributed by atoms with van der Waals surface area (Å²) < 4.78 is 0. The Balaban J connectivity index is 1.61. The monoisotopic (exact) mass is 357 g/mol. The van der Waals surface area contributed by atoms with Gasteiger partial charge in [0.2, 0.25) is 5.91 Å². The number of piperidine rings is 2. The standard InChI is InChI=1S/C22H35N3O/c1-16-13-25(15-19-8-6-5-7-9-19)14-17(2)21(16)24(4)22(26)20-10-11-23-18(3)12-20/h5-9,16-18,20-21,23H,10-15H2,1-4H3/t16?,17?,18-,20-,21?/m0/s1. The minimum absolute atomic E-state index is 0.193. The van der Waals surface area contributed by atoms with Crippen LogP contribution in [0.25, 0.3) is 0 Å². The number of amides is 1. The Bertz CT molecular complexity index is 578. The van der Waals surface area contributed by atoms with Crippen LogP contribution in [0.2, 0.25) is 0 Å². The lowest BCUT2D eigenvalue weighted by Crippen LogP contribution is -2.56. The second-order valence-electron chi connectivity index (χ2n) is 8.65. The molecule has 0 saturated carbocycles. The molecule has 0 radical (unpaired) electrons. The summed E-state index contributed by atoms with van der Waals surface area (Å²) >= 11 is 0. The summed E-state index contributed by atoms with van der Waals surface area (Å²) in [6.07, 6.45) is 1.95. The summed E-state index contributed by atoms with van der Waals surface area (Å²) in [6, 6.07) is 11.5. The molecule has 1 aromatic carbocycles. The smallest absolute Gasteiger partial charge is 0.225 e. The number of nitrogens with zero attached hydrogens (tertiary/aromatic N) is 2. The molecule has 2 fully saturated rings. The van der Waals surface area contributed by atoms with E-state index in [9.17, 15) is 4.79 Å². The van der Waals surface area contributed by atoms with E-state index in [0.29, 0.717) is 29.8 Å². The van der Waals surface area contributed by atoms with Gasteiger partial charge in [-0.2, -0.15) is 0 Å². The van der Waals surface area contributed by atoms with Crippen molar-refractivity contribution in [2.75, 3.05) is 26.7 Å². The Morgan fingerprint density at radius 3 is 2.42 bits per heavy atom. The van der Waals surface area contributed by atoms with Crippen LogP contribution in [0.4, 0.5) is 0 Å². The molecule has 2 heterocycles. The highest BCUT2D eigenvalue weighted by molar-refractivity contribution is 5.79. The summed E-state index contributed by atoms with van der Waals surface area (Å²) in [7, 11) is 2.04. The van der Waals surface area contributed by atoms with Crippen LogP contribution in [0.3, 0.4) is 0 Å². The Morgan fingerprint density at radius 2 is 1.81 bits per heavy atom. The Kier molecular flexibility index (Phi) is 6.36. The Morgan fingerprint density at radius 1 is 1.15 bits per heavy atom. The first-order chi connectivity index (χ1) is 12.5. The van der Waals surface area contributed by atoms with Gasteiger partial charge >= 0.3 is 0 Å². The summed E-state index contributed by atoms with van der Waals surface area (Å²) in [5.74, 6) is 1.54. The molecular formula is C22H35N3O. The molecule has 0 aromatic heterocycles. The predicted molar refractivity (Wildman–Crippen MR) is 107 cm³/mol. The van der Waals surface area contributed by atoms with Crippen LogP contribution in [0.15, 0.2) is 30.3 Å². The van der Waals surface area contributed by atoms with Crippen molar-refractivity contribution < 1.29 is 4.79 Å². The second-order valence-corrected chi connectivity index (χ2v) is 8.65. The van der Waals surface area contributed by atoms with Crippen molar-refractivity contribution in [1.29, 1.82) is 0 Å². The van der Waals surface area contributed by atoms with Gasteiger partial charge in [0.25, 0.3) is 0 Å². The van der Waals surface area contributed by atoms with Crippen molar-refractivity contribution in [2.24, 2.45) is 17.8 Å². The maximum absolute atomic E-state index is 13.1. The molecule has 1 aromatic rings. The fourth-order valence-corrected chi connectivity index (χ4v) is 5.19.